The van der Waals surface area contributed by atoms with Crippen LogP contribution in [0.4, 0.5) is 5.69 Å². The highest BCUT2D eigenvalue weighted by Gasteiger charge is 2.19. The minimum absolute atomic E-state index is 0. The second kappa shape index (κ2) is 12.3. The van der Waals surface area contributed by atoms with Gasteiger partial charge in [-0.1, -0.05) is 0 Å². The average Bonchev–Trinajstić information content (AvgIpc) is 2.67. The van der Waals surface area contributed by atoms with Gasteiger partial charge < -0.3 is 24.8 Å². The number of ether oxygens (including phenoxy) is 1. The monoisotopic (exact) mass is 489 g/mol. The maximum Gasteiger partial charge on any atom is 0.194 e. The number of piperazine rings is 1. The third-order valence-electron chi connectivity index (χ3n) is 4.95. The first kappa shape index (κ1) is 23.8. The molecule has 1 saturated heterocycles. The molecule has 2 rings (SSSR count). The van der Waals surface area contributed by atoms with Crippen LogP contribution in [0.15, 0.2) is 29.3 Å². The maximum absolute atomic E-state index is 5.25. The molecule has 1 aliphatic rings. The standard InChI is InChI=1S/C20H35N5O.HI/c1-6-21-20(22-11-12-23(4)17(2)3)25-15-13-24(14-16-25)18-7-9-19(26-5)10-8-18;/h7-10,17H,6,11-16H2,1-5H3,(H,21,22);1H. The van der Waals surface area contributed by atoms with Crippen LogP contribution in [0, 0.1) is 0 Å². The summed E-state index contributed by atoms with van der Waals surface area (Å²) in [7, 11) is 3.86. The lowest BCUT2D eigenvalue weighted by Gasteiger charge is -2.37. The molecule has 0 unspecified atom stereocenters. The predicted octanol–water partition coefficient (Wildman–Crippen LogP) is 2.74. The van der Waals surface area contributed by atoms with Crippen molar-refractivity contribution < 1.29 is 4.74 Å². The van der Waals surface area contributed by atoms with Crippen LogP contribution in [0.5, 0.6) is 5.75 Å². The van der Waals surface area contributed by atoms with E-state index in [1.807, 2.05) is 12.1 Å². The molecule has 6 nitrogen and oxygen atoms in total. The van der Waals surface area contributed by atoms with Gasteiger partial charge in [-0.05, 0) is 52.1 Å². The molecule has 7 heteroatoms. The largest absolute Gasteiger partial charge is 0.497 e. The highest BCUT2D eigenvalue weighted by molar-refractivity contribution is 14.0. The smallest absolute Gasteiger partial charge is 0.194 e. The van der Waals surface area contributed by atoms with Gasteiger partial charge in [0, 0.05) is 51.0 Å². The summed E-state index contributed by atoms with van der Waals surface area (Å²) in [6, 6.07) is 8.88. The number of rotatable bonds is 7. The van der Waals surface area contributed by atoms with Gasteiger partial charge in [0.25, 0.3) is 0 Å². The molecule has 1 aromatic rings. The van der Waals surface area contributed by atoms with E-state index < -0.39 is 0 Å². The molecule has 0 amide bonds. The van der Waals surface area contributed by atoms with Crippen LogP contribution in [-0.2, 0) is 0 Å². The Morgan fingerprint density at radius 2 is 1.81 bits per heavy atom. The molecule has 0 radical (unpaired) electrons. The Kier molecular flexibility index (Phi) is 10.8. The van der Waals surface area contributed by atoms with Crippen molar-refractivity contribution in [1.82, 2.24) is 15.1 Å². The molecular formula is C20H36IN5O. The fourth-order valence-corrected chi connectivity index (χ4v) is 2.97. The number of hydrogen-bond acceptors (Lipinski definition) is 4. The summed E-state index contributed by atoms with van der Waals surface area (Å²) in [6.45, 7) is 13.2. The third-order valence-corrected chi connectivity index (χ3v) is 4.95. The lowest BCUT2D eigenvalue weighted by Crippen LogP contribution is -2.52. The topological polar surface area (TPSA) is 43.3 Å². The van der Waals surface area contributed by atoms with Gasteiger partial charge in [0.05, 0.1) is 13.7 Å². The van der Waals surface area contributed by atoms with Crippen molar-refractivity contribution in [2.24, 2.45) is 4.99 Å². The Hall–Kier alpha value is -1.22. The number of nitrogens with one attached hydrogen (secondary N) is 1. The number of likely N-dealkylation sites (N-methyl/N-ethyl adjacent to an activating group) is 1. The molecule has 0 spiro atoms. The van der Waals surface area contributed by atoms with Gasteiger partial charge in [0.15, 0.2) is 5.96 Å². The Bertz CT molecular complexity index is 556. The summed E-state index contributed by atoms with van der Waals surface area (Å²) in [5.41, 5.74) is 1.26. The van der Waals surface area contributed by atoms with Gasteiger partial charge in [-0.3, -0.25) is 4.99 Å². The van der Waals surface area contributed by atoms with Crippen molar-refractivity contribution in [1.29, 1.82) is 0 Å². The van der Waals surface area contributed by atoms with E-state index in [0.29, 0.717) is 6.04 Å². The molecule has 1 fully saturated rings. The van der Waals surface area contributed by atoms with Crippen LogP contribution >= 0.6 is 24.0 Å². The summed E-state index contributed by atoms with van der Waals surface area (Å²) >= 11 is 0. The van der Waals surface area contributed by atoms with Crippen LogP contribution in [0.3, 0.4) is 0 Å². The Morgan fingerprint density at radius 3 is 2.33 bits per heavy atom. The van der Waals surface area contributed by atoms with Crippen molar-refractivity contribution in [3.05, 3.63) is 24.3 Å². The molecular weight excluding hydrogens is 453 g/mol. The lowest BCUT2D eigenvalue weighted by molar-refractivity contribution is 0.281. The van der Waals surface area contributed by atoms with E-state index in [1.54, 1.807) is 7.11 Å². The molecule has 1 aliphatic heterocycles. The van der Waals surface area contributed by atoms with Gasteiger partial charge in [0.1, 0.15) is 5.75 Å². The zero-order chi connectivity index (χ0) is 18.9. The highest BCUT2D eigenvalue weighted by atomic mass is 127. The molecule has 1 N–H and O–H groups in total. The van der Waals surface area contributed by atoms with Crippen molar-refractivity contribution in [3.63, 3.8) is 0 Å². The summed E-state index contributed by atoms with van der Waals surface area (Å²) in [6.07, 6.45) is 0. The molecule has 0 bridgehead atoms. The molecule has 0 saturated carbocycles. The zero-order valence-corrected chi connectivity index (χ0v) is 19.8. The summed E-state index contributed by atoms with van der Waals surface area (Å²) < 4.78 is 5.25. The average molecular weight is 489 g/mol. The number of anilines is 1. The van der Waals surface area contributed by atoms with Crippen molar-refractivity contribution in [2.45, 2.75) is 26.8 Å². The number of halogens is 1. The molecule has 27 heavy (non-hydrogen) atoms. The molecule has 154 valence electrons. The quantitative estimate of drug-likeness (QED) is 0.363. The van der Waals surface area contributed by atoms with Crippen molar-refractivity contribution >= 4 is 35.6 Å². The van der Waals surface area contributed by atoms with E-state index >= 15 is 0 Å². The van der Waals surface area contributed by atoms with Gasteiger partial charge in [-0.25, -0.2) is 0 Å². The van der Waals surface area contributed by atoms with Gasteiger partial charge in [0.2, 0.25) is 0 Å². The number of nitrogens with zero attached hydrogens (tertiary/aromatic N) is 4. The summed E-state index contributed by atoms with van der Waals surface area (Å²) in [5, 5.41) is 3.45. The minimum Gasteiger partial charge on any atom is -0.497 e. The SMILES string of the molecule is CCNC(=NCCN(C)C(C)C)N1CCN(c2ccc(OC)cc2)CC1.I. The zero-order valence-electron chi connectivity index (χ0n) is 17.4. The number of benzene rings is 1. The third kappa shape index (κ3) is 7.37. The second-order valence-corrected chi connectivity index (χ2v) is 6.98. The number of aliphatic imine (C=N–C) groups is 1. The second-order valence-electron chi connectivity index (χ2n) is 6.98. The Balaban J connectivity index is 0.00000364. The summed E-state index contributed by atoms with van der Waals surface area (Å²) in [4.78, 5) is 12.0. The van der Waals surface area contributed by atoms with Gasteiger partial charge in [-0.2, -0.15) is 0 Å². The Morgan fingerprint density at radius 1 is 1.19 bits per heavy atom. The first-order valence-corrected chi connectivity index (χ1v) is 9.67. The van der Waals surface area contributed by atoms with Crippen molar-refractivity contribution in [3.8, 4) is 5.75 Å². The normalized spacial score (nSPS) is 15.1. The molecule has 0 aliphatic carbocycles. The van der Waals surface area contributed by atoms with E-state index in [-0.39, 0.29) is 24.0 Å². The van der Waals surface area contributed by atoms with Crippen LogP contribution in [0.1, 0.15) is 20.8 Å². The molecule has 1 aromatic carbocycles. The van der Waals surface area contributed by atoms with Gasteiger partial charge in [-0.15, -0.1) is 24.0 Å². The first-order chi connectivity index (χ1) is 12.5. The number of guanidine groups is 1. The fourth-order valence-electron chi connectivity index (χ4n) is 2.97. The minimum atomic E-state index is 0. The predicted molar refractivity (Wildman–Crippen MR) is 126 cm³/mol. The number of hydrogen-bond donors (Lipinski definition) is 1. The van der Waals surface area contributed by atoms with Gasteiger partial charge >= 0.3 is 0 Å². The molecule has 1 heterocycles. The lowest BCUT2D eigenvalue weighted by atomic mass is 10.2. The van der Waals surface area contributed by atoms with Crippen LogP contribution in [0.2, 0.25) is 0 Å². The number of methoxy groups -OCH3 is 1. The maximum atomic E-state index is 5.25. The van der Waals surface area contributed by atoms with E-state index in [2.05, 4.69) is 60.0 Å². The van der Waals surface area contributed by atoms with E-state index in [0.717, 1.165) is 57.5 Å². The van der Waals surface area contributed by atoms with Crippen LogP contribution in [0.25, 0.3) is 0 Å². The molecule has 0 aromatic heterocycles. The van der Waals surface area contributed by atoms with Crippen LogP contribution < -0.4 is 15.0 Å². The van der Waals surface area contributed by atoms with Crippen molar-refractivity contribution in [2.75, 3.05) is 64.9 Å². The van der Waals surface area contributed by atoms with E-state index in [4.69, 9.17) is 9.73 Å². The molecule has 0 atom stereocenters. The Labute approximate surface area is 182 Å². The van der Waals surface area contributed by atoms with Crippen LogP contribution in [-0.4, -0.2) is 81.8 Å². The van der Waals surface area contributed by atoms with E-state index in [9.17, 15) is 0 Å². The highest BCUT2D eigenvalue weighted by Crippen LogP contribution is 2.20. The fraction of sp³-hybridized carbons (Fsp3) is 0.650. The van der Waals surface area contributed by atoms with E-state index in [1.165, 1.54) is 5.69 Å². The summed E-state index contributed by atoms with van der Waals surface area (Å²) in [5.74, 6) is 1.94. The first-order valence-electron chi connectivity index (χ1n) is 9.67.